The number of nitrogens with one attached hydrogen (secondary N) is 4. The summed E-state index contributed by atoms with van der Waals surface area (Å²) in [6.07, 6.45) is 2.61. The van der Waals surface area contributed by atoms with Crippen molar-refractivity contribution in [3.8, 4) is 23.0 Å². The average Bonchev–Trinajstić information content (AvgIpc) is 3.13. The summed E-state index contributed by atoms with van der Waals surface area (Å²) >= 11 is 0. The minimum atomic E-state index is -3.65. The van der Waals surface area contributed by atoms with Crippen molar-refractivity contribution in [1.82, 2.24) is 4.98 Å². The van der Waals surface area contributed by atoms with Crippen LogP contribution in [-0.2, 0) is 35.8 Å². The van der Waals surface area contributed by atoms with Crippen LogP contribution in [0.3, 0.4) is 0 Å². The number of fused-ring (bicyclic) bond motifs is 1. The van der Waals surface area contributed by atoms with Gasteiger partial charge in [0.25, 0.3) is 0 Å². The largest absolute Gasteiger partial charge is 0.497 e. The minimum absolute atomic E-state index is 0.00769. The van der Waals surface area contributed by atoms with E-state index in [1.165, 1.54) is 14.2 Å². The number of ether oxygens (including phenoxy) is 4. The van der Waals surface area contributed by atoms with Crippen LogP contribution in [0.25, 0.3) is 10.8 Å². The smallest absolute Gasteiger partial charge is 0.329 e. The van der Waals surface area contributed by atoms with Crippen LogP contribution in [-0.4, -0.2) is 74.2 Å². The van der Waals surface area contributed by atoms with Gasteiger partial charge in [0.1, 0.15) is 29.7 Å². The first-order valence-electron chi connectivity index (χ1n) is 17.1. The maximum Gasteiger partial charge on any atom is 0.329 e. The van der Waals surface area contributed by atoms with Crippen molar-refractivity contribution in [1.29, 1.82) is 0 Å². The summed E-state index contributed by atoms with van der Waals surface area (Å²) in [7, 11) is -2.26. The first-order valence-corrected chi connectivity index (χ1v) is 20.3. The quantitative estimate of drug-likeness (QED) is 0.0623. The monoisotopic (exact) mass is 805 g/mol. The van der Waals surface area contributed by atoms with Crippen LogP contribution < -0.4 is 34.9 Å². The maximum atomic E-state index is 13.5. The zero-order valence-electron chi connectivity index (χ0n) is 31.6. The van der Waals surface area contributed by atoms with Crippen molar-refractivity contribution in [3.63, 3.8) is 0 Å². The van der Waals surface area contributed by atoms with Crippen molar-refractivity contribution < 1.29 is 46.3 Å². The highest BCUT2D eigenvalue weighted by atomic mass is 32.2. The molecule has 0 fully saturated rings. The summed E-state index contributed by atoms with van der Waals surface area (Å²) in [6.45, 7) is 5.44. The van der Waals surface area contributed by atoms with Gasteiger partial charge in [0.2, 0.25) is 10.0 Å². The molecule has 0 spiro atoms. The van der Waals surface area contributed by atoms with Crippen molar-refractivity contribution in [2.24, 2.45) is 0 Å². The number of aromatic nitrogens is 1. The third-order valence-electron chi connectivity index (χ3n) is 8.08. The predicted molar refractivity (Wildman–Crippen MR) is 217 cm³/mol. The van der Waals surface area contributed by atoms with Gasteiger partial charge in [-0.25, -0.2) is 23.0 Å². The Kier molecular flexibility index (Phi) is 13.0. The Hall–Kier alpha value is -5.91. The molecular formula is C39H43N5O10S2. The zero-order chi connectivity index (χ0) is 40.6. The van der Waals surface area contributed by atoms with E-state index in [9.17, 15) is 22.2 Å². The first-order chi connectivity index (χ1) is 26.5. The molecule has 5 N–H and O–H groups in total. The summed E-state index contributed by atoms with van der Waals surface area (Å²) < 4.78 is 62.0. The zero-order valence-corrected chi connectivity index (χ0v) is 33.2. The Morgan fingerprint density at radius 2 is 1.57 bits per heavy atom. The van der Waals surface area contributed by atoms with Crippen molar-refractivity contribution in [2.75, 3.05) is 60.1 Å². The van der Waals surface area contributed by atoms with Gasteiger partial charge in [-0.1, -0.05) is 45.0 Å². The number of amides is 2. The molecule has 5 rings (SSSR count). The fraction of sp³-hybridized carbons (Fsp3) is 0.256. The number of hydrogen-bond acceptors (Lipinski definition) is 11. The molecule has 1 heterocycles. The number of aliphatic carboxylic acids is 1. The van der Waals surface area contributed by atoms with Crippen LogP contribution in [0.1, 0.15) is 26.3 Å². The molecule has 0 saturated carbocycles. The third kappa shape index (κ3) is 11.1. The number of methoxy groups -OCH3 is 2. The molecule has 1 aromatic heterocycles. The lowest BCUT2D eigenvalue weighted by Gasteiger charge is -2.24. The second kappa shape index (κ2) is 17.7. The van der Waals surface area contributed by atoms with E-state index in [-0.39, 0.29) is 34.9 Å². The van der Waals surface area contributed by atoms with E-state index in [1.807, 2.05) is 45.0 Å². The number of carboxylic acids is 1. The lowest BCUT2D eigenvalue weighted by Crippen LogP contribution is -2.22. The van der Waals surface area contributed by atoms with E-state index < -0.39 is 39.4 Å². The first kappa shape index (κ1) is 41.3. The number of benzene rings is 4. The molecule has 0 bridgehead atoms. The summed E-state index contributed by atoms with van der Waals surface area (Å²) in [6, 6.07) is 22.1. The summed E-state index contributed by atoms with van der Waals surface area (Å²) in [5.41, 5.74) is 1.89. The molecule has 5 aromatic rings. The summed E-state index contributed by atoms with van der Waals surface area (Å²) in [4.78, 5) is 29.0. The minimum Gasteiger partial charge on any atom is -0.497 e. The number of sulfonamides is 1. The Balaban J connectivity index is 1.35. The van der Waals surface area contributed by atoms with Crippen LogP contribution in [0.5, 0.6) is 23.0 Å². The van der Waals surface area contributed by atoms with E-state index in [4.69, 9.17) is 24.1 Å². The van der Waals surface area contributed by atoms with Gasteiger partial charge in [0, 0.05) is 39.7 Å². The molecule has 0 radical (unpaired) electrons. The number of urea groups is 1. The molecule has 0 aliphatic heterocycles. The number of carbonyl (C=O) groups excluding carboxylic acids is 1. The molecule has 17 heteroatoms. The van der Waals surface area contributed by atoms with E-state index in [2.05, 4.69) is 25.7 Å². The second-order valence-electron chi connectivity index (χ2n) is 13.5. The third-order valence-corrected chi connectivity index (χ3v) is 9.97. The highest BCUT2D eigenvalue weighted by Gasteiger charge is 2.23. The van der Waals surface area contributed by atoms with Gasteiger partial charge < -0.3 is 40.0 Å². The highest BCUT2D eigenvalue weighted by Crippen LogP contribution is 2.40. The van der Waals surface area contributed by atoms with Gasteiger partial charge in [-0.2, -0.15) is 0 Å². The van der Waals surface area contributed by atoms with Crippen molar-refractivity contribution in [2.45, 2.75) is 31.1 Å². The SMILES string of the molecule is COc1cc(Nc2cc(Oc3ccc(NC(=O)Nc4cc(C(C)(C)C)cc(NS(C)(=O)=O)c4OC)c4ccccc34)ccn2)cc(S(=O)CCOCC(=O)O)c1. The number of hydrogen-bond donors (Lipinski definition) is 5. The molecule has 0 aliphatic carbocycles. The standard InChI is InChI=1S/C39H43N5O10S2/c1-39(2,3)24-17-32(37(52-5)33(18-24)44-56(6,49)50)43-38(47)42-31-11-12-34(30-10-8-7-9-29(30)31)54-26-13-14-40-35(22-26)41-25-19-27(51-4)21-28(20-25)55(48)16-15-53-23-36(45)46/h7-14,17-22,44H,15-16,23H2,1-6H3,(H,40,41)(H,45,46)(H2,42,43,47). The molecule has 1 unspecified atom stereocenters. The molecule has 56 heavy (non-hydrogen) atoms. The Morgan fingerprint density at radius 1 is 0.857 bits per heavy atom. The van der Waals surface area contributed by atoms with Crippen LogP contribution >= 0.6 is 0 Å². The highest BCUT2D eigenvalue weighted by molar-refractivity contribution is 7.92. The summed E-state index contributed by atoms with van der Waals surface area (Å²) in [5.74, 6) is 0.991. The van der Waals surface area contributed by atoms with Crippen LogP contribution in [0.2, 0.25) is 0 Å². The van der Waals surface area contributed by atoms with Gasteiger partial charge in [-0.15, -0.1) is 0 Å². The van der Waals surface area contributed by atoms with Crippen LogP contribution in [0, 0.1) is 0 Å². The van der Waals surface area contributed by atoms with Gasteiger partial charge >= 0.3 is 12.0 Å². The number of carbonyl (C=O) groups is 2. The van der Waals surface area contributed by atoms with E-state index in [0.717, 1.165) is 11.8 Å². The normalized spacial score (nSPS) is 12.0. The molecule has 15 nitrogen and oxygen atoms in total. The van der Waals surface area contributed by atoms with Gasteiger partial charge in [-0.3, -0.25) is 8.93 Å². The lowest BCUT2D eigenvalue weighted by atomic mass is 9.86. The molecule has 4 aromatic carbocycles. The molecule has 1 atom stereocenters. The number of carboxylic acid groups (broad SMARTS) is 1. The van der Waals surface area contributed by atoms with Crippen molar-refractivity contribution in [3.05, 3.63) is 90.6 Å². The van der Waals surface area contributed by atoms with Gasteiger partial charge in [-0.05, 0) is 53.4 Å². The number of rotatable bonds is 16. The fourth-order valence-electron chi connectivity index (χ4n) is 5.52. The number of anilines is 5. The Labute approximate surface area is 327 Å². The number of pyridine rings is 1. The molecule has 296 valence electrons. The van der Waals surface area contributed by atoms with E-state index >= 15 is 0 Å². The van der Waals surface area contributed by atoms with Crippen molar-refractivity contribution >= 4 is 72.2 Å². The number of nitrogens with zero attached hydrogens (tertiary/aromatic N) is 1. The van der Waals surface area contributed by atoms with E-state index in [0.29, 0.717) is 50.1 Å². The average molecular weight is 806 g/mol. The topological polar surface area (TPSA) is 204 Å². The molecule has 2 amide bonds. The Morgan fingerprint density at radius 3 is 2.25 bits per heavy atom. The fourth-order valence-corrected chi connectivity index (χ4v) is 7.08. The Bertz CT molecular complexity index is 2380. The van der Waals surface area contributed by atoms with Gasteiger partial charge in [0.15, 0.2) is 5.75 Å². The molecule has 0 aliphatic rings. The predicted octanol–water partition coefficient (Wildman–Crippen LogP) is 7.31. The molecule has 0 saturated heterocycles. The second-order valence-corrected chi connectivity index (χ2v) is 16.8. The summed E-state index contributed by atoms with van der Waals surface area (Å²) in [5, 5.41) is 19.1. The lowest BCUT2D eigenvalue weighted by molar-refractivity contribution is -0.142. The van der Waals surface area contributed by atoms with Crippen LogP contribution in [0.15, 0.2) is 90.0 Å². The van der Waals surface area contributed by atoms with Gasteiger partial charge in [0.05, 0.1) is 60.7 Å². The van der Waals surface area contributed by atoms with Crippen LogP contribution in [0.4, 0.5) is 33.4 Å². The van der Waals surface area contributed by atoms with E-state index in [1.54, 1.807) is 60.8 Å². The maximum absolute atomic E-state index is 13.5. The molecular weight excluding hydrogens is 763 g/mol.